The third kappa shape index (κ3) is 2.50. The van der Waals surface area contributed by atoms with Crippen LogP contribution in [0.5, 0.6) is 0 Å². The van der Waals surface area contributed by atoms with Crippen LogP contribution in [-0.2, 0) is 0 Å². The fourth-order valence-corrected chi connectivity index (χ4v) is 6.25. The summed E-state index contributed by atoms with van der Waals surface area (Å²) in [7, 11) is 0. The van der Waals surface area contributed by atoms with E-state index < -0.39 is 6.89 Å². The largest absolute Gasteiger partial charge is 0.0842 e. The standard InChI is InChI=1S/C12H23P/c1-5-7-13(8-6-2)9-12(10-13)11(3)4/h9-11H,5-8H2,1-4H3. The first kappa shape index (κ1) is 11.1. The van der Waals surface area contributed by atoms with Crippen molar-refractivity contribution in [1.29, 1.82) is 0 Å². The van der Waals surface area contributed by atoms with Crippen molar-refractivity contribution in [2.45, 2.75) is 40.5 Å². The minimum atomic E-state index is -0.667. The van der Waals surface area contributed by atoms with E-state index in [2.05, 4.69) is 39.3 Å². The van der Waals surface area contributed by atoms with Gasteiger partial charge in [0.1, 0.15) is 0 Å². The third-order valence-corrected chi connectivity index (χ3v) is 6.94. The van der Waals surface area contributed by atoms with Gasteiger partial charge in [0.05, 0.1) is 0 Å². The molecule has 0 bridgehead atoms. The summed E-state index contributed by atoms with van der Waals surface area (Å²) < 4.78 is 0. The van der Waals surface area contributed by atoms with E-state index in [0.29, 0.717) is 0 Å². The summed E-state index contributed by atoms with van der Waals surface area (Å²) in [5.41, 5.74) is 1.62. The Balaban J connectivity index is 2.61. The molecule has 0 aromatic heterocycles. The average molecular weight is 198 g/mol. The van der Waals surface area contributed by atoms with Crippen molar-refractivity contribution in [3.8, 4) is 0 Å². The van der Waals surface area contributed by atoms with Gasteiger partial charge in [-0.3, -0.25) is 0 Å². The van der Waals surface area contributed by atoms with Crippen molar-refractivity contribution in [3.63, 3.8) is 0 Å². The van der Waals surface area contributed by atoms with Gasteiger partial charge in [-0.2, -0.15) is 0 Å². The molecule has 13 heavy (non-hydrogen) atoms. The fraction of sp³-hybridized carbons (Fsp3) is 0.750. The predicted molar refractivity (Wildman–Crippen MR) is 66.2 cm³/mol. The van der Waals surface area contributed by atoms with Crippen LogP contribution in [0.25, 0.3) is 0 Å². The van der Waals surface area contributed by atoms with Crippen molar-refractivity contribution < 1.29 is 0 Å². The van der Waals surface area contributed by atoms with Crippen LogP contribution < -0.4 is 0 Å². The van der Waals surface area contributed by atoms with E-state index in [0.717, 1.165) is 5.92 Å². The molecule has 0 aromatic rings. The summed E-state index contributed by atoms with van der Waals surface area (Å²) in [5.74, 6) is 6.01. The van der Waals surface area contributed by atoms with E-state index >= 15 is 0 Å². The van der Waals surface area contributed by atoms with Crippen LogP contribution in [0.3, 0.4) is 0 Å². The Morgan fingerprint density at radius 3 is 1.92 bits per heavy atom. The van der Waals surface area contributed by atoms with Gasteiger partial charge in [-0.05, 0) is 23.8 Å². The second-order valence-electron chi connectivity index (χ2n) is 4.46. The monoisotopic (exact) mass is 198 g/mol. The maximum Gasteiger partial charge on any atom is -0.0218 e. The zero-order chi connectivity index (χ0) is 9.90. The van der Waals surface area contributed by atoms with Gasteiger partial charge in [-0.1, -0.05) is 59.0 Å². The van der Waals surface area contributed by atoms with E-state index in [1.54, 1.807) is 5.57 Å². The summed E-state index contributed by atoms with van der Waals surface area (Å²) in [5, 5.41) is 0. The lowest BCUT2D eigenvalue weighted by atomic mass is 10.1. The Kier molecular flexibility index (Phi) is 3.86. The predicted octanol–water partition coefficient (Wildman–Crippen LogP) is 4.18. The molecular formula is C12H23P. The van der Waals surface area contributed by atoms with Crippen molar-refractivity contribution >= 4 is 12.7 Å². The molecule has 0 amide bonds. The van der Waals surface area contributed by atoms with E-state index in [4.69, 9.17) is 0 Å². The van der Waals surface area contributed by atoms with Gasteiger partial charge >= 0.3 is 0 Å². The second kappa shape index (κ2) is 4.51. The molecule has 0 N–H and O–H groups in total. The van der Waals surface area contributed by atoms with E-state index in [-0.39, 0.29) is 0 Å². The van der Waals surface area contributed by atoms with Crippen LogP contribution >= 0.6 is 6.89 Å². The highest BCUT2D eigenvalue weighted by Crippen LogP contribution is 2.57. The number of hydrogen-bond acceptors (Lipinski definition) is 0. The molecule has 0 saturated carbocycles. The topological polar surface area (TPSA) is 0 Å². The Hall–Kier alpha value is 0.0400. The van der Waals surface area contributed by atoms with Gasteiger partial charge in [0.2, 0.25) is 0 Å². The van der Waals surface area contributed by atoms with E-state index in [9.17, 15) is 0 Å². The van der Waals surface area contributed by atoms with Crippen molar-refractivity contribution in [3.05, 3.63) is 11.4 Å². The van der Waals surface area contributed by atoms with Crippen LogP contribution in [0.4, 0.5) is 0 Å². The fourth-order valence-electron chi connectivity index (χ4n) is 2.08. The highest BCUT2D eigenvalue weighted by Gasteiger charge is 2.22. The molecule has 1 heteroatoms. The van der Waals surface area contributed by atoms with Crippen LogP contribution in [-0.4, -0.2) is 18.1 Å². The minimum Gasteiger partial charge on any atom is -0.0842 e. The molecule has 1 aliphatic rings. The minimum absolute atomic E-state index is 0.667. The average Bonchev–Trinajstić information content (AvgIpc) is 1.99. The molecular weight excluding hydrogens is 175 g/mol. The second-order valence-corrected chi connectivity index (χ2v) is 8.08. The summed E-state index contributed by atoms with van der Waals surface area (Å²) >= 11 is 0. The number of hydrogen-bond donors (Lipinski definition) is 0. The van der Waals surface area contributed by atoms with Crippen molar-refractivity contribution in [2.24, 2.45) is 5.92 Å². The summed E-state index contributed by atoms with van der Waals surface area (Å²) in [4.78, 5) is 0. The number of allylic oxidation sites excluding steroid dienone is 1. The first-order valence-electron chi connectivity index (χ1n) is 5.58. The Bertz CT molecular complexity index is 236. The van der Waals surface area contributed by atoms with Gasteiger partial charge in [-0.25, -0.2) is 0 Å². The van der Waals surface area contributed by atoms with Gasteiger partial charge in [0.15, 0.2) is 0 Å². The maximum atomic E-state index is 2.63. The molecule has 1 aliphatic heterocycles. The molecule has 1 heterocycles. The molecule has 76 valence electrons. The van der Waals surface area contributed by atoms with Gasteiger partial charge in [0, 0.05) is 0 Å². The highest BCUT2D eigenvalue weighted by molar-refractivity contribution is 7.80. The van der Waals surface area contributed by atoms with Crippen LogP contribution in [0, 0.1) is 5.92 Å². The molecule has 0 spiro atoms. The Morgan fingerprint density at radius 2 is 1.62 bits per heavy atom. The van der Waals surface area contributed by atoms with E-state index in [1.807, 2.05) is 0 Å². The van der Waals surface area contributed by atoms with Crippen LogP contribution in [0.1, 0.15) is 40.5 Å². The van der Waals surface area contributed by atoms with Crippen LogP contribution in [0.2, 0.25) is 0 Å². The third-order valence-electron chi connectivity index (χ3n) is 2.76. The molecule has 0 atom stereocenters. The quantitative estimate of drug-likeness (QED) is 0.581. The lowest BCUT2D eigenvalue weighted by Gasteiger charge is -2.32. The first-order valence-corrected chi connectivity index (χ1v) is 7.88. The Labute approximate surface area is 83.4 Å². The van der Waals surface area contributed by atoms with Gasteiger partial charge < -0.3 is 0 Å². The Morgan fingerprint density at radius 1 is 1.15 bits per heavy atom. The summed E-state index contributed by atoms with van der Waals surface area (Å²) in [6.45, 7) is 8.56. The van der Waals surface area contributed by atoms with Crippen molar-refractivity contribution in [1.82, 2.24) is 0 Å². The molecule has 0 aliphatic carbocycles. The first-order chi connectivity index (χ1) is 6.13. The van der Waals surface area contributed by atoms with Gasteiger partial charge in [-0.15, -0.1) is 0 Å². The molecule has 0 saturated heterocycles. The molecule has 1 rings (SSSR count). The zero-order valence-electron chi connectivity index (χ0n) is 9.51. The molecule has 0 unspecified atom stereocenters. The molecule has 0 nitrogen and oxygen atoms in total. The van der Waals surface area contributed by atoms with Gasteiger partial charge in [0.25, 0.3) is 0 Å². The normalized spacial score (nSPS) is 19.3. The molecule has 0 radical (unpaired) electrons. The summed E-state index contributed by atoms with van der Waals surface area (Å²) in [6, 6.07) is 0. The van der Waals surface area contributed by atoms with Crippen LogP contribution in [0.15, 0.2) is 11.4 Å². The smallest absolute Gasteiger partial charge is 0.0218 e. The van der Waals surface area contributed by atoms with Crippen molar-refractivity contribution in [2.75, 3.05) is 12.3 Å². The lowest BCUT2D eigenvalue weighted by Crippen LogP contribution is -2.10. The molecule has 0 fully saturated rings. The van der Waals surface area contributed by atoms with E-state index in [1.165, 1.54) is 25.2 Å². The number of rotatable bonds is 5. The highest BCUT2D eigenvalue weighted by atomic mass is 31.2. The molecule has 0 aromatic carbocycles. The maximum absolute atomic E-state index is 2.63. The summed E-state index contributed by atoms with van der Waals surface area (Å²) in [6.07, 6.45) is 5.62. The SMILES string of the molecule is CCCP1(CCC)=CC(C(C)C)=C1. The lowest BCUT2D eigenvalue weighted by molar-refractivity contribution is 0.807. The zero-order valence-corrected chi connectivity index (χ0v) is 10.4.